The van der Waals surface area contributed by atoms with Gasteiger partial charge in [-0.05, 0) is 13.3 Å². The van der Waals surface area contributed by atoms with Crippen LogP contribution in [0, 0.1) is 30.2 Å². The number of imide groups is 1. The lowest BCUT2D eigenvalue weighted by Crippen LogP contribution is -2.31. The van der Waals surface area contributed by atoms with Crippen molar-refractivity contribution in [1.82, 2.24) is 20.6 Å². The molecule has 40 heavy (non-hydrogen) atoms. The van der Waals surface area contributed by atoms with E-state index in [1.54, 1.807) is 0 Å². The molecule has 0 aromatic heterocycles. The van der Waals surface area contributed by atoms with Gasteiger partial charge in [0, 0.05) is 45.3 Å². The van der Waals surface area contributed by atoms with Crippen LogP contribution in [0.15, 0.2) is 24.4 Å². The highest BCUT2D eigenvalue weighted by molar-refractivity contribution is 6.12. The SMILES string of the molecule is C=C1CCC(=O)N1OC(=O)NC.CC.CC.CN1C(=O)C=CC1=O.CNC(=O)Oc1c(F)c(F)c(C)c(F)c1F. The van der Waals surface area contributed by atoms with Gasteiger partial charge in [0.15, 0.2) is 11.6 Å². The number of hydrogen-bond donors (Lipinski definition) is 2. The van der Waals surface area contributed by atoms with Crippen molar-refractivity contribution in [3.63, 3.8) is 0 Å². The van der Waals surface area contributed by atoms with Gasteiger partial charge in [-0.15, -0.1) is 5.06 Å². The van der Waals surface area contributed by atoms with Crippen molar-refractivity contribution in [3.8, 4) is 5.75 Å². The molecular formula is C25H34F4N4O7. The zero-order valence-electron chi connectivity index (χ0n) is 23.5. The lowest BCUT2D eigenvalue weighted by atomic mass is 10.2. The fourth-order valence-corrected chi connectivity index (χ4v) is 2.30. The summed E-state index contributed by atoms with van der Waals surface area (Å²) in [6, 6.07) is 0. The first-order chi connectivity index (χ1) is 18.8. The van der Waals surface area contributed by atoms with E-state index in [2.05, 4.69) is 21.5 Å². The molecule has 15 heteroatoms. The highest BCUT2D eigenvalue weighted by Gasteiger charge is 2.28. The molecule has 2 aliphatic heterocycles. The van der Waals surface area contributed by atoms with Gasteiger partial charge in [0.05, 0.1) is 5.70 Å². The van der Waals surface area contributed by atoms with Crippen molar-refractivity contribution in [1.29, 1.82) is 0 Å². The molecule has 1 fully saturated rings. The van der Waals surface area contributed by atoms with Crippen molar-refractivity contribution in [2.24, 2.45) is 0 Å². The summed E-state index contributed by atoms with van der Waals surface area (Å²) in [4.78, 5) is 58.8. The molecule has 0 aliphatic carbocycles. The van der Waals surface area contributed by atoms with E-state index < -0.39 is 46.8 Å². The molecule has 0 spiro atoms. The largest absolute Gasteiger partial charge is 0.431 e. The summed E-state index contributed by atoms with van der Waals surface area (Å²) in [5.74, 6) is -8.82. The quantitative estimate of drug-likeness (QED) is 0.304. The number of amides is 5. The Morgan fingerprint density at radius 2 is 1.25 bits per heavy atom. The summed E-state index contributed by atoms with van der Waals surface area (Å²) in [7, 11) is 4.00. The van der Waals surface area contributed by atoms with Crippen molar-refractivity contribution in [2.75, 3.05) is 21.1 Å². The van der Waals surface area contributed by atoms with Crippen molar-refractivity contribution < 1.29 is 51.1 Å². The van der Waals surface area contributed by atoms with Crippen molar-refractivity contribution in [2.45, 2.75) is 47.5 Å². The highest BCUT2D eigenvalue weighted by atomic mass is 19.2. The number of hydroxylamine groups is 2. The van der Waals surface area contributed by atoms with Crippen molar-refractivity contribution >= 4 is 29.9 Å². The molecule has 5 amide bonds. The maximum Gasteiger partial charge on any atom is 0.431 e. The standard InChI is InChI=1S/C9H7F4NO2.C7H10N2O3.C5H5NO2.2C2H6/c1-3-4(10)6(12)8(7(13)5(3)11)16-9(15)14-2;1-5-3-4-6(10)9(5)12-7(11)8-2;1-6-4(7)2-3-5(6)8;2*1-2/h1-2H3,(H,14,15);1,3-4H2,2H3,(H,8,11);2-3H,1H3;2*1-2H3. The smallest absolute Gasteiger partial charge is 0.404 e. The molecule has 11 nitrogen and oxygen atoms in total. The van der Waals surface area contributed by atoms with Crippen LogP contribution in [-0.2, 0) is 19.2 Å². The van der Waals surface area contributed by atoms with E-state index in [0.717, 1.165) is 23.9 Å². The lowest BCUT2D eigenvalue weighted by molar-refractivity contribution is -0.151. The Balaban J connectivity index is 0. The number of ether oxygens (including phenoxy) is 1. The molecular weight excluding hydrogens is 544 g/mol. The van der Waals surface area contributed by atoms with Crippen LogP contribution in [-0.4, -0.2) is 61.0 Å². The number of allylic oxidation sites excluding steroid dienone is 1. The maximum atomic E-state index is 13.1. The van der Waals surface area contributed by atoms with Gasteiger partial charge >= 0.3 is 12.2 Å². The van der Waals surface area contributed by atoms with Crippen LogP contribution in [0.5, 0.6) is 5.75 Å². The fraction of sp³-hybridized carbons (Fsp3) is 0.400. The summed E-state index contributed by atoms with van der Waals surface area (Å²) < 4.78 is 56.3. The van der Waals surface area contributed by atoms with E-state index in [4.69, 9.17) is 0 Å². The van der Waals surface area contributed by atoms with E-state index in [1.165, 1.54) is 26.2 Å². The first kappa shape index (κ1) is 37.7. The van der Waals surface area contributed by atoms with Gasteiger partial charge in [-0.3, -0.25) is 19.3 Å². The third-order valence-corrected chi connectivity index (χ3v) is 4.39. The maximum absolute atomic E-state index is 13.1. The Morgan fingerprint density at radius 3 is 1.55 bits per heavy atom. The Labute approximate surface area is 229 Å². The zero-order chi connectivity index (χ0) is 31.7. The second-order valence-electron chi connectivity index (χ2n) is 6.80. The second-order valence-corrected chi connectivity index (χ2v) is 6.80. The minimum atomic E-state index is -1.75. The fourth-order valence-electron chi connectivity index (χ4n) is 2.30. The number of nitrogens with one attached hydrogen (secondary N) is 2. The second kappa shape index (κ2) is 18.8. The Bertz CT molecular complexity index is 1060. The monoisotopic (exact) mass is 578 g/mol. The van der Waals surface area contributed by atoms with Crippen LogP contribution in [0.1, 0.15) is 46.1 Å². The van der Waals surface area contributed by atoms with E-state index in [1.807, 2.05) is 33.0 Å². The summed E-state index contributed by atoms with van der Waals surface area (Å²) in [5.41, 5.74) is -0.303. The number of likely N-dealkylation sites (N-methyl/N-ethyl adjacent to an activating group) is 1. The molecule has 0 radical (unpaired) electrons. The van der Waals surface area contributed by atoms with Gasteiger partial charge in [-0.1, -0.05) is 34.3 Å². The molecule has 1 saturated heterocycles. The molecule has 2 N–H and O–H groups in total. The predicted octanol–water partition coefficient (Wildman–Crippen LogP) is 4.26. The van der Waals surface area contributed by atoms with E-state index in [9.17, 15) is 41.5 Å². The van der Waals surface area contributed by atoms with Crippen LogP contribution in [0.25, 0.3) is 0 Å². The predicted molar refractivity (Wildman–Crippen MR) is 136 cm³/mol. The van der Waals surface area contributed by atoms with Crippen molar-refractivity contribution in [3.05, 3.63) is 53.3 Å². The minimum Gasteiger partial charge on any atom is -0.404 e. The van der Waals surface area contributed by atoms with Gasteiger partial charge < -0.3 is 20.2 Å². The minimum absolute atomic E-state index is 0.233. The van der Waals surface area contributed by atoms with Gasteiger partial charge in [0.25, 0.3) is 17.7 Å². The van der Waals surface area contributed by atoms with Crippen LogP contribution in [0.3, 0.4) is 0 Å². The molecule has 1 aromatic rings. The molecule has 0 bridgehead atoms. The molecule has 3 rings (SSSR count). The number of carbonyl (C=O) groups excluding carboxylic acids is 5. The first-order valence-corrected chi connectivity index (χ1v) is 11.9. The molecule has 0 saturated carbocycles. The average molecular weight is 579 g/mol. The van der Waals surface area contributed by atoms with Crippen LogP contribution in [0.4, 0.5) is 27.2 Å². The van der Waals surface area contributed by atoms with Crippen LogP contribution < -0.4 is 15.4 Å². The summed E-state index contributed by atoms with van der Waals surface area (Å²) >= 11 is 0. The van der Waals surface area contributed by atoms with E-state index in [0.29, 0.717) is 18.5 Å². The zero-order valence-corrected chi connectivity index (χ0v) is 23.5. The third kappa shape index (κ3) is 10.7. The molecule has 0 atom stereocenters. The summed E-state index contributed by atoms with van der Waals surface area (Å²) in [5, 5.41) is 5.05. The van der Waals surface area contributed by atoms with Crippen LogP contribution >= 0.6 is 0 Å². The number of nitrogens with zero attached hydrogens (tertiary/aromatic N) is 2. The van der Waals surface area contributed by atoms with Gasteiger partial charge in [0.2, 0.25) is 17.4 Å². The van der Waals surface area contributed by atoms with Gasteiger partial charge in [-0.25, -0.2) is 18.4 Å². The number of benzene rings is 1. The molecule has 224 valence electrons. The molecule has 2 aliphatic rings. The molecule has 0 unspecified atom stereocenters. The Kier molecular flexibility index (Phi) is 17.7. The molecule has 2 heterocycles. The van der Waals surface area contributed by atoms with Gasteiger partial charge in [-0.2, -0.15) is 8.78 Å². The van der Waals surface area contributed by atoms with E-state index >= 15 is 0 Å². The van der Waals surface area contributed by atoms with E-state index in [-0.39, 0.29) is 17.7 Å². The normalized spacial score (nSPS) is 13.0. The Morgan fingerprint density at radius 1 is 0.825 bits per heavy atom. The Hall–Kier alpha value is -4.43. The summed E-state index contributed by atoms with van der Waals surface area (Å²) in [6.07, 6.45) is 1.52. The number of hydrogen-bond acceptors (Lipinski definition) is 7. The summed E-state index contributed by atoms with van der Waals surface area (Å²) in [6.45, 7) is 12.4. The first-order valence-electron chi connectivity index (χ1n) is 11.9. The van der Waals surface area contributed by atoms with Crippen LogP contribution in [0.2, 0.25) is 0 Å². The third-order valence-electron chi connectivity index (χ3n) is 4.39. The number of carbonyl (C=O) groups is 5. The highest BCUT2D eigenvalue weighted by Crippen LogP contribution is 2.29. The lowest BCUT2D eigenvalue weighted by Gasteiger charge is -2.14. The van der Waals surface area contributed by atoms with Gasteiger partial charge in [0.1, 0.15) is 0 Å². The average Bonchev–Trinajstić information content (AvgIpc) is 3.45. The number of halogens is 4. The topological polar surface area (TPSA) is 134 Å². The number of rotatable bonds is 2. The molecule has 1 aromatic carbocycles.